The van der Waals surface area contributed by atoms with Crippen molar-refractivity contribution in [2.24, 2.45) is 0 Å². The lowest BCUT2D eigenvalue weighted by molar-refractivity contribution is -0.142. The lowest BCUT2D eigenvalue weighted by Gasteiger charge is -1.94. The van der Waals surface area contributed by atoms with E-state index in [9.17, 15) is 4.79 Å². The number of aromatic nitrogens is 2. The third-order valence-corrected chi connectivity index (χ3v) is 2.88. The Bertz CT molecular complexity index is 520. The standard InChI is InChI=1S/C10H10N2O4S/c1-6-4-17-5-7(6)10-11-8(16-12-10)2-15-3-9(13)14/h4-5H,2-3H2,1H3,(H,13,14). The minimum Gasteiger partial charge on any atom is -0.480 e. The molecule has 0 aromatic carbocycles. The first-order chi connectivity index (χ1) is 8.16. The Kier molecular flexibility index (Phi) is 3.50. The van der Waals surface area contributed by atoms with E-state index in [4.69, 9.17) is 14.4 Å². The maximum Gasteiger partial charge on any atom is 0.329 e. The van der Waals surface area contributed by atoms with Crippen LogP contribution in [0.2, 0.25) is 0 Å². The van der Waals surface area contributed by atoms with E-state index in [1.807, 2.05) is 17.7 Å². The largest absolute Gasteiger partial charge is 0.480 e. The fourth-order valence-electron chi connectivity index (χ4n) is 1.24. The molecule has 0 bridgehead atoms. The Morgan fingerprint density at radius 1 is 1.59 bits per heavy atom. The van der Waals surface area contributed by atoms with Crippen LogP contribution < -0.4 is 0 Å². The summed E-state index contributed by atoms with van der Waals surface area (Å²) in [4.78, 5) is 14.4. The summed E-state index contributed by atoms with van der Waals surface area (Å²) in [7, 11) is 0. The van der Waals surface area contributed by atoms with Crippen LogP contribution >= 0.6 is 11.3 Å². The summed E-state index contributed by atoms with van der Waals surface area (Å²) in [5.41, 5.74) is 2.00. The number of hydrogen-bond donors (Lipinski definition) is 1. The second kappa shape index (κ2) is 5.07. The highest BCUT2D eigenvalue weighted by Gasteiger charge is 2.11. The molecule has 0 radical (unpaired) electrons. The SMILES string of the molecule is Cc1cscc1-c1noc(COCC(=O)O)n1. The average Bonchev–Trinajstić information content (AvgIpc) is 2.86. The normalized spacial score (nSPS) is 10.6. The van der Waals surface area contributed by atoms with E-state index >= 15 is 0 Å². The molecule has 0 amide bonds. The van der Waals surface area contributed by atoms with Crippen molar-refractivity contribution < 1.29 is 19.2 Å². The number of aliphatic carboxylic acids is 1. The molecule has 90 valence electrons. The fourth-order valence-corrected chi connectivity index (χ4v) is 2.06. The lowest BCUT2D eigenvalue weighted by atomic mass is 10.2. The molecule has 0 aliphatic carbocycles. The second-order valence-corrected chi connectivity index (χ2v) is 4.11. The molecule has 0 unspecified atom stereocenters. The van der Waals surface area contributed by atoms with Gasteiger partial charge >= 0.3 is 5.97 Å². The van der Waals surface area contributed by atoms with Gasteiger partial charge in [-0.15, -0.1) is 0 Å². The zero-order valence-electron chi connectivity index (χ0n) is 9.04. The van der Waals surface area contributed by atoms with E-state index in [1.165, 1.54) is 0 Å². The molecule has 2 aromatic rings. The van der Waals surface area contributed by atoms with Gasteiger partial charge in [-0.2, -0.15) is 16.3 Å². The average molecular weight is 254 g/mol. The van der Waals surface area contributed by atoms with Crippen LogP contribution in [0, 0.1) is 6.92 Å². The van der Waals surface area contributed by atoms with Crippen LogP contribution in [0.3, 0.4) is 0 Å². The smallest absolute Gasteiger partial charge is 0.329 e. The van der Waals surface area contributed by atoms with Crippen molar-refractivity contribution in [1.82, 2.24) is 10.1 Å². The summed E-state index contributed by atoms with van der Waals surface area (Å²) in [6, 6.07) is 0. The van der Waals surface area contributed by atoms with Gasteiger partial charge in [0.05, 0.1) is 0 Å². The van der Waals surface area contributed by atoms with Crippen LogP contribution in [0.1, 0.15) is 11.5 Å². The molecule has 0 aliphatic rings. The van der Waals surface area contributed by atoms with Gasteiger partial charge in [-0.1, -0.05) is 5.16 Å². The molecule has 0 saturated heterocycles. The second-order valence-electron chi connectivity index (χ2n) is 3.37. The minimum atomic E-state index is -1.03. The van der Waals surface area contributed by atoms with Crippen LogP contribution in [0.15, 0.2) is 15.3 Å². The highest BCUT2D eigenvalue weighted by Crippen LogP contribution is 2.24. The van der Waals surface area contributed by atoms with Gasteiger partial charge < -0.3 is 14.4 Å². The monoisotopic (exact) mass is 254 g/mol. The van der Waals surface area contributed by atoms with Crippen molar-refractivity contribution in [3.63, 3.8) is 0 Å². The van der Waals surface area contributed by atoms with E-state index in [2.05, 4.69) is 10.1 Å². The minimum absolute atomic E-state index is 0.00247. The third-order valence-electron chi connectivity index (χ3n) is 2.02. The summed E-state index contributed by atoms with van der Waals surface area (Å²) in [6.07, 6.45) is 0. The van der Waals surface area contributed by atoms with Gasteiger partial charge in [0.1, 0.15) is 13.2 Å². The molecular weight excluding hydrogens is 244 g/mol. The number of carboxylic acids is 1. The Hall–Kier alpha value is -1.73. The van der Waals surface area contributed by atoms with Gasteiger partial charge in [0.2, 0.25) is 5.82 Å². The Labute approximate surface area is 101 Å². The molecule has 0 fully saturated rings. The molecule has 6 nitrogen and oxygen atoms in total. The summed E-state index contributed by atoms with van der Waals surface area (Å²) in [6.45, 7) is 1.58. The summed E-state index contributed by atoms with van der Waals surface area (Å²) < 4.78 is 9.80. The number of rotatable bonds is 5. The van der Waals surface area contributed by atoms with Crippen molar-refractivity contribution in [2.45, 2.75) is 13.5 Å². The van der Waals surface area contributed by atoms with Gasteiger partial charge in [-0.05, 0) is 17.9 Å². The van der Waals surface area contributed by atoms with Crippen LogP contribution in [0.25, 0.3) is 11.4 Å². The van der Waals surface area contributed by atoms with Gasteiger partial charge in [-0.3, -0.25) is 0 Å². The predicted octanol–water partition coefficient (Wildman–Crippen LogP) is 1.71. The van der Waals surface area contributed by atoms with Gasteiger partial charge in [-0.25, -0.2) is 4.79 Å². The summed E-state index contributed by atoms with van der Waals surface area (Å²) >= 11 is 1.56. The molecule has 7 heteroatoms. The van der Waals surface area contributed by atoms with Crippen LogP contribution in [-0.2, 0) is 16.1 Å². The molecule has 0 spiro atoms. The molecule has 1 N–H and O–H groups in total. The quantitative estimate of drug-likeness (QED) is 0.874. The third kappa shape index (κ3) is 2.89. The van der Waals surface area contributed by atoms with E-state index in [-0.39, 0.29) is 19.1 Å². The zero-order valence-corrected chi connectivity index (χ0v) is 9.86. The summed E-state index contributed by atoms with van der Waals surface area (Å²) in [5.74, 6) is -0.261. The molecule has 2 rings (SSSR count). The highest BCUT2D eigenvalue weighted by molar-refractivity contribution is 7.08. The Morgan fingerprint density at radius 3 is 3.06 bits per heavy atom. The van der Waals surface area contributed by atoms with E-state index < -0.39 is 5.97 Å². The van der Waals surface area contributed by atoms with E-state index in [1.54, 1.807) is 11.3 Å². The topological polar surface area (TPSA) is 85.5 Å². The predicted molar refractivity (Wildman–Crippen MR) is 59.6 cm³/mol. The molecule has 2 aromatic heterocycles. The number of thiophene rings is 1. The number of carboxylic acid groups (broad SMARTS) is 1. The molecule has 0 aliphatic heterocycles. The van der Waals surface area contributed by atoms with Gasteiger partial charge in [0, 0.05) is 10.9 Å². The lowest BCUT2D eigenvalue weighted by Crippen LogP contribution is -2.06. The van der Waals surface area contributed by atoms with Crippen molar-refractivity contribution in [3.05, 3.63) is 22.2 Å². The maximum atomic E-state index is 10.2. The maximum absolute atomic E-state index is 10.2. The number of aryl methyl sites for hydroxylation is 1. The van der Waals surface area contributed by atoms with Crippen molar-refractivity contribution in [3.8, 4) is 11.4 Å². The molecule has 0 atom stereocenters. The molecule has 17 heavy (non-hydrogen) atoms. The van der Waals surface area contributed by atoms with Crippen molar-refractivity contribution in [2.75, 3.05) is 6.61 Å². The molecular formula is C10H10N2O4S. The Balaban J connectivity index is 2.01. The fraction of sp³-hybridized carbons (Fsp3) is 0.300. The number of carbonyl (C=O) groups is 1. The zero-order chi connectivity index (χ0) is 12.3. The molecule has 2 heterocycles. The van der Waals surface area contributed by atoms with Crippen molar-refractivity contribution in [1.29, 1.82) is 0 Å². The van der Waals surface area contributed by atoms with Gasteiger partial charge in [0.25, 0.3) is 5.89 Å². The first-order valence-corrected chi connectivity index (χ1v) is 5.76. The van der Waals surface area contributed by atoms with Crippen LogP contribution in [-0.4, -0.2) is 27.8 Å². The number of nitrogens with zero attached hydrogens (tertiary/aromatic N) is 2. The summed E-state index contributed by atoms with van der Waals surface area (Å²) in [5, 5.41) is 16.1. The van der Waals surface area contributed by atoms with E-state index in [0.29, 0.717) is 5.82 Å². The number of ether oxygens (including phenoxy) is 1. The molecule has 0 saturated carbocycles. The first kappa shape index (κ1) is 11.7. The van der Waals surface area contributed by atoms with Crippen LogP contribution in [0.5, 0.6) is 0 Å². The Morgan fingerprint density at radius 2 is 2.41 bits per heavy atom. The van der Waals surface area contributed by atoms with Crippen molar-refractivity contribution >= 4 is 17.3 Å². The van der Waals surface area contributed by atoms with Gasteiger partial charge in [0.15, 0.2) is 0 Å². The highest BCUT2D eigenvalue weighted by atomic mass is 32.1. The van der Waals surface area contributed by atoms with Crippen LogP contribution in [0.4, 0.5) is 0 Å². The number of hydrogen-bond acceptors (Lipinski definition) is 6. The van der Waals surface area contributed by atoms with E-state index in [0.717, 1.165) is 11.1 Å². The first-order valence-electron chi connectivity index (χ1n) is 4.82.